The maximum absolute atomic E-state index is 8.84. The zero-order chi connectivity index (χ0) is 8.97. The molecule has 1 heterocycles. The van der Waals surface area contributed by atoms with Gasteiger partial charge >= 0.3 is 0 Å². The highest BCUT2D eigenvalue weighted by molar-refractivity contribution is 14.1. The van der Waals surface area contributed by atoms with E-state index in [2.05, 4.69) is 40.9 Å². The first-order valence-corrected chi connectivity index (χ1v) is 6.01. The molecule has 0 aliphatic carbocycles. The second kappa shape index (κ2) is 5.03. The minimum absolute atomic E-state index is 0.114. The fourth-order valence-corrected chi connectivity index (χ4v) is 2.29. The zero-order valence-corrected chi connectivity index (χ0v) is 9.54. The van der Waals surface area contributed by atoms with Gasteiger partial charge in [-0.1, -0.05) is 29.5 Å². The quantitative estimate of drug-likeness (QED) is 0.632. The summed E-state index contributed by atoms with van der Waals surface area (Å²) in [6.07, 6.45) is 2.45. The lowest BCUT2D eigenvalue weighted by Crippen LogP contribution is -2.25. The Balaban J connectivity index is 2.42. The number of nitriles is 1. The predicted molar refractivity (Wildman–Crippen MR) is 58.2 cm³/mol. The van der Waals surface area contributed by atoms with Crippen LogP contribution in [-0.4, -0.2) is 17.0 Å². The van der Waals surface area contributed by atoms with Crippen LogP contribution in [0.15, 0.2) is 0 Å². The first kappa shape index (κ1) is 10.3. The molecular formula is C9H15IN2. The molecule has 1 aliphatic rings. The zero-order valence-electron chi connectivity index (χ0n) is 7.39. The molecule has 0 spiro atoms. The van der Waals surface area contributed by atoms with Crippen LogP contribution < -0.4 is 5.32 Å². The highest BCUT2D eigenvalue weighted by Crippen LogP contribution is 2.26. The number of halogens is 1. The monoisotopic (exact) mass is 278 g/mol. The molecule has 0 aromatic carbocycles. The minimum Gasteiger partial charge on any atom is -0.301 e. The molecule has 12 heavy (non-hydrogen) atoms. The average Bonchev–Trinajstić information content (AvgIpc) is 2.43. The fraction of sp³-hybridized carbons (Fsp3) is 0.889. The van der Waals surface area contributed by atoms with Crippen LogP contribution in [0.5, 0.6) is 0 Å². The van der Waals surface area contributed by atoms with Gasteiger partial charge in [0.15, 0.2) is 0 Å². The topological polar surface area (TPSA) is 35.8 Å². The maximum Gasteiger partial charge on any atom is 0.0984 e. The summed E-state index contributed by atoms with van der Waals surface area (Å²) in [5, 5.41) is 12.1. The number of hydrogen-bond acceptors (Lipinski definition) is 2. The van der Waals surface area contributed by atoms with Gasteiger partial charge in [0.05, 0.1) is 12.1 Å². The number of nitrogens with one attached hydrogen (secondary N) is 1. The Kier molecular flexibility index (Phi) is 4.30. The van der Waals surface area contributed by atoms with E-state index in [9.17, 15) is 0 Å². The molecule has 0 bridgehead atoms. The average molecular weight is 278 g/mol. The predicted octanol–water partition coefficient (Wildman–Crippen LogP) is 1.95. The summed E-state index contributed by atoms with van der Waals surface area (Å²) in [6, 6.07) is 2.45. The van der Waals surface area contributed by atoms with Gasteiger partial charge in [0.1, 0.15) is 0 Å². The maximum atomic E-state index is 8.84. The van der Waals surface area contributed by atoms with E-state index in [1.54, 1.807) is 0 Å². The van der Waals surface area contributed by atoms with Crippen LogP contribution in [0, 0.1) is 23.2 Å². The van der Waals surface area contributed by atoms with Gasteiger partial charge in [0.25, 0.3) is 0 Å². The van der Waals surface area contributed by atoms with Gasteiger partial charge in [0, 0.05) is 0 Å². The Hall–Kier alpha value is 0.180. The van der Waals surface area contributed by atoms with Crippen LogP contribution >= 0.6 is 22.6 Å². The van der Waals surface area contributed by atoms with Crippen molar-refractivity contribution < 1.29 is 0 Å². The van der Waals surface area contributed by atoms with Crippen LogP contribution in [0.2, 0.25) is 0 Å². The Bertz CT molecular complexity index is 176. The largest absolute Gasteiger partial charge is 0.301 e. The molecule has 3 heteroatoms. The van der Waals surface area contributed by atoms with Crippen molar-refractivity contribution in [2.45, 2.75) is 25.8 Å². The van der Waals surface area contributed by atoms with E-state index in [0.29, 0.717) is 11.8 Å². The molecule has 68 valence electrons. The van der Waals surface area contributed by atoms with Gasteiger partial charge in [-0.25, -0.2) is 0 Å². The standard InChI is InChI=1S/C9H15IN2/c1-7-6-12-9(5-11)8(7)3-2-4-10/h7-9,12H,2-4,6H2,1H3/t7?,8?,9-/m1/s1. The third-order valence-corrected chi connectivity index (χ3v) is 3.39. The highest BCUT2D eigenvalue weighted by atomic mass is 127. The Morgan fingerprint density at radius 3 is 3.00 bits per heavy atom. The van der Waals surface area contributed by atoms with Crippen molar-refractivity contribution in [2.24, 2.45) is 11.8 Å². The molecular weight excluding hydrogens is 263 g/mol. The van der Waals surface area contributed by atoms with Gasteiger partial charge in [-0.05, 0) is 35.6 Å². The van der Waals surface area contributed by atoms with E-state index in [1.807, 2.05) is 0 Å². The van der Waals surface area contributed by atoms with Crippen molar-refractivity contribution in [3.05, 3.63) is 0 Å². The second-order valence-electron chi connectivity index (χ2n) is 3.49. The molecule has 1 rings (SSSR count). The molecule has 0 radical (unpaired) electrons. The van der Waals surface area contributed by atoms with Crippen molar-refractivity contribution in [3.63, 3.8) is 0 Å². The molecule has 3 atom stereocenters. The smallest absolute Gasteiger partial charge is 0.0984 e. The second-order valence-corrected chi connectivity index (χ2v) is 4.57. The van der Waals surface area contributed by atoms with Crippen molar-refractivity contribution in [2.75, 3.05) is 11.0 Å². The van der Waals surface area contributed by atoms with Gasteiger partial charge in [-0.2, -0.15) is 5.26 Å². The van der Waals surface area contributed by atoms with Crippen molar-refractivity contribution in [3.8, 4) is 6.07 Å². The van der Waals surface area contributed by atoms with Crippen molar-refractivity contribution in [1.82, 2.24) is 5.32 Å². The molecule has 1 fully saturated rings. The minimum atomic E-state index is 0.114. The Morgan fingerprint density at radius 1 is 1.67 bits per heavy atom. The summed E-state index contributed by atoms with van der Waals surface area (Å²) in [7, 11) is 0. The summed E-state index contributed by atoms with van der Waals surface area (Å²) in [4.78, 5) is 0. The molecule has 1 saturated heterocycles. The van der Waals surface area contributed by atoms with Crippen molar-refractivity contribution >= 4 is 22.6 Å². The summed E-state index contributed by atoms with van der Waals surface area (Å²) in [5.41, 5.74) is 0. The fourth-order valence-electron chi connectivity index (χ4n) is 1.85. The lowest BCUT2D eigenvalue weighted by molar-refractivity contribution is 0.391. The number of alkyl halides is 1. The molecule has 0 aromatic rings. The number of hydrogen-bond donors (Lipinski definition) is 1. The van der Waals surface area contributed by atoms with Crippen LogP contribution in [0.1, 0.15) is 19.8 Å². The van der Waals surface area contributed by atoms with Gasteiger partial charge in [-0.3, -0.25) is 0 Å². The summed E-state index contributed by atoms with van der Waals surface area (Å²) in [5.74, 6) is 1.27. The third kappa shape index (κ3) is 2.33. The molecule has 1 aliphatic heterocycles. The van der Waals surface area contributed by atoms with E-state index in [1.165, 1.54) is 17.3 Å². The molecule has 2 unspecified atom stereocenters. The first-order chi connectivity index (χ1) is 5.79. The van der Waals surface area contributed by atoms with Crippen LogP contribution in [-0.2, 0) is 0 Å². The van der Waals surface area contributed by atoms with Crippen molar-refractivity contribution in [1.29, 1.82) is 5.26 Å². The van der Waals surface area contributed by atoms with E-state index in [0.717, 1.165) is 6.54 Å². The SMILES string of the molecule is CC1CN[C@H](C#N)C1CCCI. The number of nitrogens with zero attached hydrogens (tertiary/aromatic N) is 1. The van der Waals surface area contributed by atoms with E-state index >= 15 is 0 Å². The van der Waals surface area contributed by atoms with Gasteiger partial charge < -0.3 is 5.32 Å². The highest BCUT2D eigenvalue weighted by Gasteiger charge is 2.31. The molecule has 0 amide bonds. The van der Waals surface area contributed by atoms with E-state index in [4.69, 9.17) is 5.26 Å². The molecule has 2 nitrogen and oxygen atoms in total. The third-order valence-electron chi connectivity index (χ3n) is 2.63. The van der Waals surface area contributed by atoms with Gasteiger partial charge in [-0.15, -0.1) is 0 Å². The van der Waals surface area contributed by atoms with Gasteiger partial charge in [0.2, 0.25) is 0 Å². The summed E-state index contributed by atoms with van der Waals surface area (Å²) in [6.45, 7) is 3.26. The van der Waals surface area contributed by atoms with Crippen LogP contribution in [0.3, 0.4) is 0 Å². The summed E-state index contributed by atoms with van der Waals surface area (Å²) >= 11 is 2.40. The van der Waals surface area contributed by atoms with E-state index < -0.39 is 0 Å². The molecule has 0 saturated carbocycles. The molecule has 1 N–H and O–H groups in total. The number of rotatable bonds is 3. The molecule has 0 aromatic heterocycles. The normalized spacial score (nSPS) is 34.9. The van der Waals surface area contributed by atoms with Crippen LogP contribution in [0.4, 0.5) is 0 Å². The Labute approximate surface area is 87.9 Å². The lowest BCUT2D eigenvalue weighted by atomic mass is 9.89. The van der Waals surface area contributed by atoms with E-state index in [-0.39, 0.29) is 6.04 Å². The Morgan fingerprint density at radius 2 is 2.42 bits per heavy atom. The summed E-state index contributed by atoms with van der Waals surface area (Å²) < 4.78 is 1.21. The van der Waals surface area contributed by atoms with Crippen LogP contribution in [0.25, 0.3) is 0 Å². The first-order valence-electron chi connectivity index (χ1n) is 4.48. The lowest BCUT2D eigenvalue weighted by Gasteiger charge is -2.15.